The van der Waals surface area contributed by atoms with Crippen LogP contribution >= 0.6 is 0 Å². The molecule has 1 atom stereocenters. The van der Waals surface area contributed by atoms with Gasteiger partial charge >= 0.3 is 0 Å². The number of nitrogens with zero attached hydrogens (tertiary/aromatic N) is 1. The van der Waals surface area contributed by atoms with Gasteiger partial charge in [0.1, 0.15) is 0 Å². The third-order valence-electron chi connectivity index (χ3n) is 3.67. The second-order valence-electron chi connectivity index (χ2n) is 5.37. The lowest BCUT2D eigenvalue weighted by Gasteiger charge is -2.15. The van der Waals surface area contributed by atoms with Crippen molar-refractivity contribution in [2.75, 3.05) is 0 Å². The molecule has 1 amide bonds. The van der Waals surface area contributed by atoms with E-state index in [1.165, 1.54) is 0 Å². The highest BCUT2D eigenvalue weighted by atomic mass is 32.2. The van der Waals surface area contributed by atoms with Crippen LogP contribution in [-0.2, 0) is 20.6 Å². The topological polar surface area (TPSA) is 87.0 Å². The number of nitrogens with one attached hydrogen (secondary N) is 1. The normalized spacial score (nSPS) is 12.2. The molecule has 0 saturated heterocycles. The highest BCUT2D eigenvalue weighted by Crippen LogP contribution is 2.20. The number of amides is 1. The quantitative estimate of drug-likeness (QED) is 0.874. The van der Waals surface area contributed by atoms with Gasteiger partial charge in [0.25, 0.3) is 0 Å². The first kappa shape index (κ1) is 17.7. The Morgan fingerprint density at radius 3 is 2.38 bits per heavy atom. The average molecular weight is 342 g/mol. The first-order valence-electron chi connectivity index (χ1n) is 7.54. The van der Waals surface area contributed by atoms with Crippen molar-refractivity contribution in [1.29, 1.82) is 5.26 Å². The van der Waals surface area contributed by atoms with Crippen molar-refractivity contribution in [2.45, 2.75) is 25.0 Å². The van der Waals surface area contributed by atoms with Gasteiger partial charge in [-0.3, -0.25) is 9.52 Å². The monoisotopic (exact) mass is 342 g/mol. The Labute approximate surface area is 142 Å². The van der Waals surface area contributed by atoms with Crippen LogP contribution in [0, 0.1) is 11.3 Å². The Balaban J connectivity index is 2.16. The van der Waals surface area contributed by atoms with Crippen LogP contribution in [0.15, 0.2) is 54.6 Å². The number of benzene rings is 2. The molecule has 0 unspecified atom stereocenters. The number of hydrogen-bond acceptors (Lipinski definition) is 4. The smallest absolute Gasteiger partial charge is 0.240 e. The van der Waals surface area contributed by atoms with E-state index >= 15 is 0 Å². The summed E-state index contributed by atoms with van der Waals surface area (Å²) in [5.41, 5.74) is 1.42. The molecule has 0 radical (unpaired) electrons. The van der Waals surface area contributed by atoms with Crippen molar-refractivity contribution in [3.05, 3.63) is 71.3 Å². The van der Waals surface area contributed by atoms with Gasteiger partial charge < -0.3 is 0 Å². The Morgan fingerprint density at radius 2 is 1.75 bits per heavy atom. The van der Waals surface area contributed by atoms with Gasteiger partial charge in [-0.2, -0.15) is 5.26 Å². The molecule has 0 saturated carbocycles. The van der Waals surface area contributed by atoms with Gasteiger partial charge in [0.15, 0.2) is 0 Å². The standard InChI is InChI=1S/C18H18N2O3S/c1-2-17(14-8-4-3-5-9-14)18(21)20-24(22,23)13-16-11-7-6-10-15(16)12-19/h3-11,17H,2,13H2,1H3,(H,20,21)/t17-/m0/s1. The van der Waals surface area contributed by atoms with E-state index in [9.17, 15) is 13.2 Å². The molecule has 0 fully saturated rings. The van der Waals surface area contributed by atoms with E-state index in [-0.39, 0.29) is 5.56 Å². The van der Waals surface area contributed by atoms with Crippen molar-refractivity contribution in [1.82, 2.24) is 4.72 Å². The summed E-state index contributed by atoms with van der Waals surface area (Å²) in [5, 5.41) is 9.04. The lowest BCUT2D eigenvalue weighted by Crippen LogP contribution is -2.35. The summed E-state index contributed by atoms with van der Waals surface area (Å²) in [7, 11) is -3.88. The van der Waals surface area contributed by atoms with E-state index in [2.05, 4.69) is 4.72 Å². The zero-order valence-corrected chi connectivity index (χ0v) is 14.1. The SMILES string of the molecule is CC[C@H](C(=O)NS(=O)(=O)Cc1ccccc1C#N)c1ccccc1. The third-order valence-corrected chi connectivity index (χ3v) is 4.87. The lowest BCUT2D eigenvalue weighted by atomic mass is 9.96. The van der Waals surface area contributed by atoms with E-state index < -0.39 is 27.6 Å². The molecule has 5 nitrogen and oxygen atoms in total. The summed E-state index contributed by atoms with van der Waals surface area (Å²) in [6.07, 6.45) is 0.486. The van der Waals surface area contributed by atoms with Crippen LogP contribution in [0.25, 0.3) is 0 Å². The Hall–Kier alpha value is -2.65. The van der Waals surface area contributed by atoms with Crippen molar-refractivity contribution in [3.63, 3.8) is 0 Å². The second-order valence-corrected chi connectivity index (χ2v) is 7.09. The molecule has 0 aliphatic heterocycles. The summed E-state index contributed by atoms with van der Waals surface area (Å²) in [5.74, 6) is -1.50. The fourth-order valence-corrected chi connectivity index (χ4v) is 3.66. The number of carbonyl (C=O) groups is 1. The van der Waals surface area contributed by atoms with Crippen LogP contribution in [0.2, 0.25) is 0 Å². The number of rotatable bonds is 6. The van der Waals surface area contributed by atoms with Gasteiger partial charge in [-0.25, -0.2) is 8.42 Å². The van der Waals surface area contributed by atoms with E-state index in [1.54, 1.807) is 36.4 Å². The van der Waals surface area contributed by atoms with E-state index in [0.717, 1.165) is 5.56 Å². The van der Waals surface area contributed by atoms with Gasteiger partial charge in [0, 0.05) is 0 Å². The van der Waals surface area contributed by atoms with Crippen molar-refractivity contribution in [2.24, 2.45) is 0 Å². The molecule has 0 aromatic heterocycles. The second kappa shape index (κ2) is 7.75. The number of sulfonamides is 1. The molecule has 6 heteroatoms. The Bertz CT molecular complexity index is 855. The molecule has 2 aromatic rings. The van der Waals surface area contributed by atoms with E-state index in [1.807, 2.05) is 31.2 Å². The first-order chi connectivity index (χ1) is 11.5. The van der Waals surface area contributed by atoms with E-state index in [4.69, 9.17) is 5.26 Å². The summed E-state index contributed by atoms with van der Waals surface area (Å²) >= 11 is 0. The maximum absolute atomic E-state index is 12.4. The van der Waals surface area contributed by atoms with Gasteiger partial charge in [-0.1, -0.05) is 55.5 Å². The van der Waals surface area contributed by atoms with Crippen molar-refractivity contribution in [3.8, 4) is 6.07 Å². The third kappa shape index (κ3) is 4.43. The van der Waals surface area contributed by atoms with Crippen LogP contribution in [0.3, 0.4) is 0 Å². The predicted molar refractivity (Wildman–Crippen MR) is 91.4 cm³/mol. The van der Waals surface area contributed by atoms with Gasteiger partial charge in [0.05, 0.1) is 23.3 Å². The highest BCUT2D eigenvalue weighted by Gasteiger charge is 2.24. The predicted octanol–water partition coefficient (Wildman–Crippen LogP) is 2.70. The number of carbonyl (C=O) groups excluding carboxylic acids is 1. The summed E-state index contributed by atoms with van der Waals surface area (Å²) < 4.78 is 26.7. The van der Waals surface area contributed by atoms with Crippen LogP contribution in [0.4, 0.5) is 0 Å². The molecule has 0 heterocycles. The molecule has 0 bridgehead atoms. The molecule has 2 aromatic carbocycles. The fraction of sp³-hybridized carbons (Fsp3) is 0.222. The molecule has 0 aliphatic carbocycles. The maximum Gasteiger partial charge on any atom is 0.240 e. The van der Waals surface area contributed by atoms with Gasteiger partial charge in [-0.15, -0.1) is 0 Å². The molecule has 0 aliphatic rings. The van der Waals surface area contributed by atoms with Crippen LogP contribution in [0.5, 0.6) is 0 Å². The molecule has 1 N–H and O–H groups in total. The summed E-state index contributed by atoms with van der Waals surface area (Å²) in [6, 6.07) is 17.4. The molecule has 124 valence electrons. The first-order valence-corrected chi connectivity index (χ1v) is 9.19. The fourth-order valence-electron chi connectivity index (χ4n) is 2.48. The minimum Gasteiger partial charge on any atom is -0.273 e. The van der Waals surface area contributed by atoms with Gasteiger partial charge in [0.2, 0.25) is 15.9 Å². The molecule has 24 heavy (non-hydrogen) atoms. The zero-order chi connectivity index (χ0) is 17.6. The Morgan fingerprint density at radius 1 is 1.12 bits per heavy atom. The minimum absolute atomic E-state index is 0.283. The van der Waals surface area contributed by atoms with Gasteiger partial charge in [-0.05, 0) is 23.6 Å². The summed E-state index contributed by atoms with van der Waals surface area (Å²) in [4.78, 5) is 12.4. The van der Waals surface area contributed by atoms with Crippen molar-refractivity contribution < 1.29 is 13.2 Å². The number of nitriles is 1. The summed E-state index contributed by atoms with van der Waals surface area (Å²) in [6.45, 7) is 1.83. The molecular formula is C18H18N2O3S. The van der Waals surface area contributed by atoms with Crippen LogP contribution < -0.4 is 4.72 Å². The molecule has 0 spiro atoms. The maximum atomic E-state index is 12.4. The van der Waals surface area contributed by atoms with Crippen molar-refractivity contribution >= 4 is 15.9 Å². The minimum atomic E-state index is -3.88. The largest absolute Gasteiger partial charge is 0.273 e. The Kier molecular flexibility index (Phi) is 5.72. The van der Waals surface area contributed by atoms with E-state index in [0.29, 0.717) is 12.0 Å². The lowest BCUT2D eigenvalue weighted by molar-refractivity contribution is -0.120. The average Bonchev–Trinajstić information content (AvgIpc) is 2.56. The van der Waals surface area contributed by atoms with Crippen LogP contribution in [-0.4, -0.2) is 14.3 Å². The molecule has 2 rings (SSSR count). The highest BCUT2D eigenvalue weighted by molar-refractivity contribution is 7.89. The zero-order valence-electron chi connectivity index (χ0n) is 13.3. The van der Waals surface area contributed by atoms with Crippen LogP contribution in [0.1, 0.15) is 36.0 Å². The molecular weight excluding hydrogens is 324 g/mol. The number of hydrogen-bond donors (Lipinski definition) is 1.